The van der Waals surface area contributed by atoms with E-state index < -0.39 is 12.1 Å². The van der Waals surface area contributed by atoms with Crippen molar-refractivity contribution in [1.82, 2.24) is 0 Å². The lowest BCUT2D eigenvalue weighted by molar-refractivity contribution is -0.159. The van der Waals surface area contributed by atoms with Crippen molar-refractivity contribution in [2.45, 2.75) is 12.6 Å². The summed E-state index contributed by atoms with van der Waals surface area (Å²) in [6.07, 6.45) is 0.336. The SMILES string of the molecule is FC(F)(F)C1C=CC=C(c2ccccc2)C1. The smallest absolute Gasteiger partial charge is 0.170 e. The van der Waals surface area contributed by atoms with Crippen LogP contribution in [-0.2, 0) is 0 Å². The molecule has 1 unspecified atom stereocenters. The van der Waals surface area contributed by atoms with Gasteiger partial charge < -0.3 is 0 Å². The average molecular weight is 224 g/mol. The van der Waals surface area contributed by atoms with Gasteiger partial charge in [0, 0.05) is 0 Å². The number of benzene rings is 1. The molecule has 1 aromatic rings. The number of hydrogen-bond acceptors (Lipinski definition) is 0. The van der Waals surface area contributed by atoms with Crippen molar-refractivity contribution in [3.8, 4) is 0 Å². The van der Waals surface area contributed by atoms with Gasteiger partial charge in [-0.3, -0.25) is 0 Å². The van der Waals surface area contributed by atoms with Crippen LogP contribution in [0.5, 0.6) is 0 Å². The number of hydrogen-bond donors (Lipinski definition) is 0. The Morgan fingerprint density at radius 2 is 1.75 bits per heavy atom. The second-order valence-corrected chi connectivity index (χ2v) is 3.80. The summed E-state index contributed by atoms with van der Waals surface area (Å²) in [5.74, 6) is -1.35. The molecule has 0 saturated heterocycles. The molecule has 0 saturated carbocycles. The second-order valence-electron chi connectivity index (χ2n) is 3.80. The fourth-order valence-electron chi connectivity index (χ4n) is 1.77. The van der Waals surface area contributed by atoms with Crippen LogP contribution in [0.1, 0.15) is 12.0 Å². The number of alkyl halides is 3. The summed E-state index contributed by atoms with van der Waals surface area (Å²) in [5.41, 5.74) is 1.60. The molecule has 0 aromatic heterocycles. The molecule has 1 aromatic carbocycles. The monoisotopic (exact) mass is 224 g/mol. The zero-order valence-corrected chi connectivity index (χ0v) is 8.54. The summed E-state index contributed by atoms with van der Waals surface area (Å²) < 4.78 is 37.7. The van der Waals surface area contributed by atoms with Gasteiger partial charge in [0.2, 0.25) is 0 Å². The summed E-state index contributed by atoms with van der Waals surface area (Å²) in [5, 5.41) is 0. The van der Waals surface area contributed by atoms with E-state index in [4.69, 9.17) is 0 Å². The van der Waals surface area contributed by atoms with Crippen LogP contribution in [0.25, 0.3) is 5.57 Å². The van der Waals surface area contributed by atoms with Gasteiger partial charge in [-0.05, 0) is 17.6 Å². The zero-order valence-electron chi connectivity index (χ0n) is 8.54. The second kappa shape index (κ2) is 4.16. The average Bonchev–Trinajstić information content (AvgIpc) is 2.29. The molecule has 3 heteroatoms. The molecule has 2 rings (SSSR count). The van der Waals surface area contributed by atoms with Crippen molar-refractivity contribution in [1.29, 1.82) is 0 Å². The Labute approximate surface area is 92.1 Å². The van der Waals surface area contributed by atoms with Crippen molar-refractivity contribution in [3.05, 3.63) is 54.1 Å². The molecule has 1 aliphatic carbocycles. The van der Waals surface area contributed by atoms with Crippen LogP contribution in [0.2, 0.25) is 0 Å². The van der Waals surface area contributed by atoms with Gasteiger partial charge in [0.05, 0.1) is 5.92 Å². The van der Waals surface area contributed by atoms with Crippen molar-refractivity contribution < 1.29 is 13.2 Å². The van der Waals surface area contributed by atoms with Crippen molar-refractivity contribution in [3.63, 3.8) is 0 Å². The van der Waals surface area contributed by atoms with Gasteiger partial charge >= 0.3 is 6.18 Å². The topological polar surface area (TPSA) is 0 Å². The van der Waals surface area contributed by atoms with Gasteiger partial charge in [-0.1, -0.05) is 48.6 Å². The molecule has 0 radical (unpaired) electrons. The minimum Gasteiger partial charge on any atom is -0.170 e. The van der Waals surface area contributed by atoms with Crippen LogP contribution in [0.15, 0.2) is 48.6 Å². The molecule has 0 spiro atoms. The molecule has 0 fully saturated rings. The molecule has 16 heavy (non-hydrogen) atoms. The Kier molecular flexibility index (Phi) is 2.86. The van der Waals surface area contributed by atoms with Gasteiger partial charge in [-0.2, -0.15) is 13.2 Å². The minimum atomic E-state index is -4.15. The van der Waals surface area contributed by atoms with Gasteiger partial charge in [-0.25, -0.2) is 0 Å². The first kappa shape index (κ1) is 11.0. The Hall–Kier alpha value is -1.51. The van der Waals surface area contributed by atoms with E-state index in [-0.39, 0.29) is 6.42 Å². The molecule has 1 atom stereocenters. The van der Waals surface area contributed by atoms with E-state index in [1.165, 1.54) is 12.2 Å². The molecule has 0 aliphatic heterocycles. The van der Waals surface area contributed by atoms with Crippen LogP contribution in [0.4, 0.5) is 13.2 Å². The fourth-order valence-corrected chi connectivity index (χ4v) is 1.77. The van der Waals surface area contributed by atoms with Crippen LogP contribution < -0.4 is 0 Å². The third-order valence-electron chi connectivity index (χ3n) is 2.65. The summed E-state index contributed by atoms with van der Waals surface area (Å²) in [4.78, 5) is 0. The van der Waals surface area contributed by atoms with Gasteiger partial charge in [0.25, 0.3) is 0 Å². The number of halogens is 3. The first-order chi connectivity index (χ1) is 7.57. The first-order valence-electron chi connectivity index (χ1n) is 5.07. The molecule has 0 nitrogen and oxygen atoms in total. The third kappa shape index (κ3) is 2.35. The van der Waals surface area contributed by atoms with E-state index in [1.807, 2.05) is 30.3 Å². The fraction of sp³-hybridized carbons (Fsp3) is 0.231. The lowest BCUT2D eigenvalue weighted by atomic mass is 9.90. The molecule has 0 N–H and O–H groups in total. The van der Waals surface area contributed by atoms with E-state index in [9.17, 15) is 13.2 Å². The Morgan fingerprint density at radius 3 is 2.38 bits per heavy atom. The Balaban J connectivity index is 2.21. The molecule has 0 bridgehead atoms. The Morgan fingerprint density at radius 1 is 1.06 bits per heavy atom. The molecule has 84 valence electrons. The molecule has 0 amide bonds. The molecule has 1 aliphatic rings. The maximum absolute atomic E-state index is 12.6. The van der Waals surface area contributed by atoms with Crippen molar-refractivity contribution in [2.24, 2.45) is 5.92 Å². The van der Waals surface area contributed by atoms with Crippen LogP contribution in [0.3, 0.4) is 0 Å². The van der Waals surface area contributed by atoms with E-state index in [0.29, 0.717) is 0 Å². The lowest BCUT2D eigenvalue weighted by Crippen LogP contribution is -2.22. The third-order valence-corrected chi connectivity index (χ3v) is 2.65. The Bertz CT molecular complexity index is 413. The number of rotatable bonds is 1. The van der Waals surface area contributed by atoms with Crippen molar-refractivity contribution >= 4 is 5.57 Å². The van der Waals surface area contributed by atoms with E-state index in [1.54, 1.807) is 6.08 Å². The minimum absolute atomic E-state index is 0.0318. The normalized spacial score (nSPS) is 20.7. The van der Waals surface area contributed by atoms with Gasteiger partial charge in [-0.15, -0.1) is 0 Å². The maximum atomic E-state index is 12.6. The summed E-state index contributed by atoms with van der Waals surface area (Å²) >= 11 is 0. The van der Waals surface area contributed by atoms with E-state index >= 15 is 0 Å². The molecule has 0 heterocycles. The highest BCUT2D eigenvalue weighted by atomic mass is 19.4. The molecular weight excluding hydrogens is 213 g/mol. The number of allylic oxidation sites excluding steroid dienone is 4. The lowest BCUT2D eigenvalue weighted by Gasteiger charge is -2.21. The predicted octanol–water partition coefficient (Wildman–Crippen LogP) is 4.21. The first-order valence-corrected chi connectivity index (χ1v) is 5.07. The summed E-state index contributed by atoms with van der Waals surface area (Å²) in [7, 11) is 0. The van der Waals surface area contributed by atoms with E-state index in [0.717, 1.165) is 11.1 Å². The quantitative estimate of drug-likeness (QED) is 0.670. The van der Waals surface area contributed by atoms with Gasteiger partial charge in [0.15, 0.2) is 0 Å². The maximum Gasteiger partial charge on any atom is 0.395 e. The highest BCUT2D eigenvalue weighted by Gasteiger charge is 2.38. The molecular formula is C13H11F3. The standard InChI is InChI=1S/C13H11F3/c14-13(15,16)12-8-4-7-11(9-12)10-5-2-1-3-6-10/h1-8,12H,9H2. The van der Waals surface area contributed by atoms with Crippen LogP contribution >= 0.6 is 0 Å². The summed E-state index contributed by atoms with van der Waals surface area (Å²) in [6, 6.07) is 9.18. The largest absolute Gasteiger partial charge is 0.395 e. The predicted molar refractivity (Wildman–Crippen MR) is 57.7 cm³/mol. The van der Waals surface area contributed by atoms with E-state index in [2.05, 4.69) is 0 Å². The van der Waals surface area contributed by atoms with Crippen LogP contribution in [0, 0.1) is 5.92 Å². The highest BCUT2D eigenvalue weighted by molar-refractivity contribution is 5.68. The van der Waals surface area contributed by atoms with Gasteiger partial charge in [0.1, 0.15) is 0 Å². The van der Waals surface area contributed by atoms with Crippen molar-refractivity contribution in [2.75, 3.05) is 0 Å². The highest BCUT2D eigenvalue weighted by Crippen LogP contribution is 2.37. The van der Waals surface area contributed by atoms with Crippen LogP contribution in [-0.4, -0.2) is 6.18 Å². The summed E-state index contributed by atoms with van der Waals surface area (Å²) in [6.45, 7) is 0. The zero-order chi connectivity index (χ0) is 11.6.